The van der Waals surface area contributed by atoms with E-state index in [1.807, 2.05) is 6.92 Å². The third kappa shape index (κ3) is 3.44. The maximum Gasteiger partial charge on any atom is 0.123 e. The highest BCUT2D eigenvalue weighted by Crippen LogP contribution is 2.27. The average Bonchev–Trinajstić information content (AvgIpc) is 2.75. The van der Waals surface area contributed by atoms with E-state index in [2.05, 4.69) is 5.32 Å². The molecule has 2 atom stereocenters. The van der Waals surface area contributed by atoms with Crippen LogP contribution < -0.4 is 5.32 Å². The second-order valence-corrected chi connectivity index (χ2v) is 5.79. The van der Waals surface area contributed by atoms with E-state index in [1.165, 1.54) is 12.1 Å². The van der Waals surface area contributed by atoms with Crippen molar-refractivity contribution in [3.63, 3.8) is 0 Å². The molecule has 94 valence electrons. The summed E-state index contributed by atoms with van der Waals surface area (Å²) in [5, 5.41) is 13.5. The number of benzene rings is 1. The van der Waals surface area contributed by atoms with Crippen molar-refractivity contribution in [2.24, 2.45) is 0 Å². The summed E-state index contributed by atoms with van der Waals surface area (Å²) in [5.41, 5.74) is 0.472. The fourth-order valence-corrected chi connectivity index (χ4v) is 3.24. The Labute approximate surface area is 106 Å². The van der Waals surface area contributed by atoms with E-state index >= 15 is 0 Å². The van der Waals surface area contributed by atoms with Crippen molar-refractivity contribution in [3.8, 4) is 0 Å². The van der Waals surface area contributed by atoms with E-state index in [4.69, 9.17) is 0 Å². The first-order valence-electron chi connectivity index (χ1n) is 5.88. The summed E-state index contributed by atoms with van der Waals surface area (Å²) in [4.78, 5) is 0. The van der Waals surface area contributed by atoms with Crippen molar-refractivity contribution < 1.29 is 9.50 Å². The molecular weight excluding hydrogens is 237 g/mol. The largest absolute Gasteiger partial charge is 0.388 e. The molecule has 2 N–H and O–H groups in total. The molecule has 1 aliphatic heterocycles. The van der Waals surface area contributed by atoms with Crippen LogP contribution in [0.4, 0.5) is 4.39 Å². The van der Waals surface area contributed by atoms with Gasteiger partial charge in [0, 0.05) is 18.3 Å². The molecule has 0 saturated carbocycles. The molecule has 0 aromatic heterocycles. The van der Waals surface area contributed by atoms with E-state index < -0.39 is 5.60 Å². The third-order valence-electron chi connectivity index (χ3n) is 3.19. The van der Waals surface area contributed by atoms with Crippen LogP contribution in [0.2, 0.25) is 0 Å². The van der Waals surface area contributed by atoms with Crippen molar-refractivity contribution in [3.05, 3.63) is 35.6 Å². The Balaban J connectivity index is 1.88. The van der Waals surface area contributed by atoms with Crippen LogP contribution in [0.5, 0.6) is 0 Å². The Kier molecular flexibility index (Phi) is 4.07. The fraction of sp³-hybridized carbons (Fsp3) is 0.538. The molecule has 1 aliphatic rings. The van der Waals surface area contributed by atoms with Crippen LogP contribution in [-0.4, -0.2) is 28.8 Å². The molecule has 1 heterocycles. The molecule has 1 aromatic carbocycles. The van der Waals surface area contributed by atoms with Gasteiger partial charge in [0.1, 0.15) is 5.82 Å². The Morgan fingerprint density at radius 1 is 1.47 bits per heavy atom. The number of halogens is 1. The van der Waals surface area contributed by atoms with Crippen molar-refractivity contribution in [2.75, 3.05) is 18.1 Å². The first-order valence-corrected chi connectivity index (χ1v) is 7.03. The van der Waals surface area contributed by atoms with Gasteiger partial charge >= 0.3 is 0 Å². The maximum atomic E-state index is 12.8. The Hall–Kier alpha value is -0.580. The molecule has 2 nitrogen and oxygen atoms in total. The average molecular weight is 255 g/mol. The van der Waals surface area contributed by atoms with Gasteiger partial charge in [0.25, 0.3) is 0 Å². The fourth-order valence-electron chi connectivity index (χ4n) is 1.95. The Morgan fingerprint density at radius 3 is 2.76 bits per heavy atom. The molecular formula is C13H18FNOS. The van der Waals surface area contributed by atoms with Gasteiger partial charge < -0.3 is 10.4 Å². The van der Waals surface area contributed by atoms with Gasteiger partial charge in [0.2, 0.25) is 0 Å². The Bertz CT molecular complexity index is 362. The minimum atomic E-state index is -0.570. The maximum absolute atomic E-state index is 12.8. The van der Waals surface area contributed by atoms with Gasteiger partial charge in [-0.3, -0.25) is 0 Å². The number of aliphatic hydroxyl groups is 1. The number of thioether (sulfide) groups is 1. The molecule has 0 amide bonds. The predicted molar refractivity (Wildman–Crippen MR) is 69.7 cm³/mol. The van der Waals surface area contributed by atoms with Crippen LogP contribution in [0.15, 0.2) is 24.3 Å². The monoisotopic (exact) mass is 255 g/mol. The quantitative estimate of drug-likeness (QED) is 0.866. The second kappa shape index (κ2) is 5.38. The molecule has 0 aliphatic carbocycles. The third-order valence-corrected chi connectivity index (χ3v) is 4.42. The predicted octanol–water partition coefficient (Wildman–Crippen LogP) is 2.34. The van der Waals surface area contributed by atoms with E-state index in [9.17, 15) is 9.50 Å². The number of hydrogen-bond acceptors (Lipinski definition) is 3. The van der Waals surface area contributed by atoms with Crippen LogP contribution in [-0.2, 0) is 0 Å². The highest BCUT2D eigenvalue weighted by Gasteiger charge is 2.31. The zero-order valence-electron chi connectivity index (χ0n) is 9.95. The summed E-state index contributed by atoms with van der Waals surface area (Å²) >= 11 is 1.79. The first kappa shape index (κ1) is 12.9. The number of hydrogen-bond donors (Lipinski definition) is 2. The van der Waals surface area contributed by atoms with Crippen LogP contribution in [0, 0.1) is 5.82 Å². The zero-order chi connectivity index (χ0) is 12.3. The van der Waals surface area contributed by atoms with Gasteiger partial charge in [0.15, 0.2) is 0 Å². The Morgan fingerprint density at radius 2 is 2.18 bits per heavy atom. The molecule has 2 unspecified atom stereocenters. The number of nitrogens with one attached hydrogen (secondary N) is 1. The zero-order valence-corrected chi connectivity index (χ0v) is 10.8. The van der Waals surface area contributed by atoms with E-state index in [1.54, 1.807) is 23.9 Å². The van der Waals surface area contributed by atoms with Crippen molar-refractivity contribution >= 4 is 11.8 Å². The van der Waals surface area contributed by atoms with Gasteiger partial charge in [-0.2, -0.15) is 11.8 Å². The van der Waals surface area contributed by atoms with Gasteiger partial charge in [-0.15, -0.1) is 0 Å². The SMILES string of the molecule is CC(NCC1(O)CCSC1)c1ccc(F)cc1. The van der Waals surface area contributed by atoms with Crippen molar-refractivity contribution in [1.29, 1.82) is 0 Å². The lowest BCUT2D eigenvalue weighted by Crippen LogP contribution is -2.41. The van der Waals surface area contributed by atoms with E-state index in [0.29, 0.717) is 6.54 Å². The van der Waals surface area contributed by atoms with E-state index in [-0.39, 0.29) is 11.9 Å². The summed E-state index contributed by atoms with van der Waals surface area (Å²) in [5.74, 6) is 1.62. The normalized spacial score (nSPS) is 26.1. The molecule has 0 radical (unpaired) electrons. The lowest BCUT2D eigenvalue weighted by molar-refractivity contribution is 0.0651. The molecule has 1 aromatic rings. The summed E-state index contributed by atoms with van der Waals surface area (Å²) in [6, 6.07) is 6.62. The van der Waals surface area contributed by atoms with Gasteiger partial charge in [0.05, 0.1) is 5.60 Å². The van der Waals surface area contributed by atoms with Crippen molar-refractivity contribution in [2.45, 2.75) is 25.0 Å². The minimum absolute atomic E-state index is 0.130. The molecule has 4 heteroatoms. The van der Waals surface area contributed by atoms with Crippen molar-refractivity contribution in [1.82, 2.24) is 5.32 Å². The summed E-state index contributed by atoms with van der Waals surface area (Å²) < 4.78 is 12.8. The lowest BCUT2D eigenvalue weighted by atomic mass is 10.0. The summed E-state index contributed by atoms with van der Waals surface area (Å²) in [6.45, 7) is 2.62. The molecule has 2 rings (SSSR count). The standard InChI is InChI=1S/C13H18FNOS/c1-10(11-2-4-12(14)5-3-11)15-8-13(16)6-7-17-9-13/h2-5,10,15-16H,6-9H2,1H3. The smallest absolute Gasteiger partial charge is 0.123 e. The first-order chi connectivity index (χ1) is 8.09. The lowest BCUT2D eigenvalue weighted by Gasteiger charge is -2.24. The van der Waals surface area contributed by atoms with Crippen LogP contribution in [0.1, 0.15) is 24.9 Å². The second-order valence-electron chi connectivity index (χ2n) is 4.68. The molecule has 0 bridgehead atoms. The number of rotatable bonds is 4. The van der Waals surface area contributed by atoms with Gasteiger partial charge in [-0.25, -0.2) is 4.39 Å². The van der Waals surface area contributed by atoms with Crippen LogP contribution >= 0.6 is 11.8 Å². The topological polar surface area (TPSA) is 32.3 Å². The minimum Gasteiger partial charge on any atom is -0.388 e. The highest BCUT2D eigenvalue weighted by atomic mass is 32.2. The van der Waals surface area contributed by atoms with Gasteiger partial charge in [-0.1, -0.05) is 12.1 Å². The highest BCUT2D eigenvalue weighted by molar-refractivity contribution is 7.99. The summed E-state index contributed by atoms with van der Waals surface area (Å²) in [6.07, 6.45) is 0.848. The molecule has 1 saturated heterocycles. The molecule has 0 spiro atoms. The van der Waals surface area contributed by atoms with Crippen LogP contribution in [0.3, 0.4) is 0 Å². The summed E-state index contributed by atoms with van der Waals surface area (Å²) in [7, 11) is 0. The molecule has 17 heavy (non-hydrogen) atoms. The van der Waals surface area contributed by atoms with E-state index in [0.717, 1.165) is 23.5 Å². The van der Waals surface area contributed by atoms with Crippen LogP contribution in [0.25, 0.3) is 0 Å². The van der Waals surface area contributed by atoms with Gasteiger partial charge in [-0.05, 0) is 36.8 Å². The molecule has 1 fully saturated rings.